The molecule has 30 heavy (non-hydrogen) atoms. The van der Waals surface area contributed by atoms with Crippen molar-refractivity contribution in [1.82, 2.24) is 4.90 Å². The minimum Gasteiger partial charge on any atom is -0.507 e. The zero-order valence-corrected chi connectivity index (χ0v) is 16.8. The predicted octanol–water partition coefficient (Wildman–Crippen LogP) is 3.71. The number of hydrogen-bond acceptors (Lipinski definition) is 6. The van der Waals surface area contributed by atoms with Gasteiger partial charge in [-0.3, -0.25) is 19.7 Å². The van der Waals surface area contributed by atoms with Crippen molar-refractivity contribution in [3.63, 3.8) is 0 Å². The Morgan fingerprint density at radius 3 is 2.37 bits per heavy atom. The molecule has 2 aromatic carbocycles. The van der Waals surface area contributed by atoms with Crippen LogP contribution < -0.4 is 0 Å². The van der Waals surface area contributed by atoms with Crippen molar-refractivity contribution in [3.8, 4) is 0 Å². The van der Waals surface area contributed by atoms with Gasteiger partial charge >= 0.3 is 0 Å². The number of ether oxygens (including phenoxy) is 1. The molecule has 1 fully saturated rings. The number of halogens is 1. The third-order valence-electron chi connectivity index (χ3n) is 4.82. The first-order valence-electron chi connectivity index (χ1n) is 9.12. The Bertz CT molecular complexity index is 1000. The van der Waals surface area contributed by atoms with Gasteiger partial charge in [-0.25, -0.2) is 0 Å². The lowest BCUT2D eigenvalue weighted by atomic mass is 9.95. The molecule has 0 spiro atoms. The number of likely N-dealkylation sites (tertiary alicyclic amines) is 1. The molecule has 0 aliphatic carbocycles. The molecule has 0 unspecified atom stereocenters. The fourth-order valence-corrected chi connectivity index (χ4v) is 3.50. The van der Waals surface area contributed by atoms with Crippen molar-refractivity contribution >= 4 is 34.7 Å². The molecule has 1 aliphatic heterocycles. The monoisotopic (exact) mass is 430 g/mol. The third-order valence-corrected chi connectivity index (χ3v) is 5.08. The van der Waals surface area contributed by atoms with Crippen molar-refractivity contribution < 1.29 is 24.4 Å². The van der Waals surface area contributed by atoms with Gasteiger partial charge in [-0.1, -0.05) is 11.6 Å². The van der Waals surface area contributed by atoms with E-state index in [-0.39, 0.29) is 23.6 Å². The van der Waals surface area contributed by atoms with Crippen LogP contribution in [0.3, 0.4) is 0 Å². The molecule has 1 aliphatic rings. The van der Waals surface area contributed by atoms with Gasteiger partial charge in [0.2, 0.25) is 0 Å². The van der Waals surface area contributed by atoms with Gasteiger partial charge in [-0.2, -0.15) is 0 Å². The van der Waals surface area contributed by atoms with Crippen LogP contribution in [0.5, 0.6) is 0 Å². The maximum Gasteiger partial charge on any atom is 0.295 e. The van der Waals surface area contributed by atoms with E-state index in [0.29, 0.717) is 29.2 Å². The van der Waals surface area contributed by atoms with E-state index in [0.717, 1.165) is 0 Å². The van der Waals surface area contributed by atoms with Crippen LogP contribution in [0.2, 0.25) is 5.02 Å². The number of rotatable bonds is 7. The molecule has 1 heterocycles. The highest BCUT2D eigenvalue weighted by Gasteiger charge is 2.45. The summed E-state index contributed by atoms with van der Waals surface area (Å²) in [6.07, 6.45) is 0.480. The van der Waals surface area contributed by atoms with Crippen LogP contribution >= 0.6 is 11.6 Å². The van der Waals surface area contributed by atoms with Gasteiger partial charge in [0, 0.05) is 43.0 Å². The van der Waals surface area contributed by atoms with Crippen LogP contribution in [0.1, 0.15) is 23.6 Å². The van der Waals surface area contributed by atoms with E-state index in [9.17, 15) is 24.8 Å². The van der Waals surface area contributed by atoms with Crippen LogP contribution in [0.25, 0.3) is 5.76 Å². The number of aliphatic hydroxyl groups excluding tert-OH is 1. The highest BCUT2D eigenvalue weighted by atomic mass is 35.5. The fraction of sp³-hybridized carbons (Fsp3) is 0.238. The van der Waals surface area contributed by atoms with Crippen LogP contribution in [-0.2, 0) is 14.3 Å². The molecule has 9 heteroatoms. The number of hydrogen-bond donors (Lipinski definition) is 1. The van der Waals surface area contributed by atoms with Crippen molar-refractivity contribution in [2.75, 3.05) is 20.3 Å². The number of carbonyl (C=O) groups is 2. The Morgan fingerprint density at radius 2 is 1.80 bits per heavy atom. The van der Waals surface area contributed by atoms with E-state index < -0.39 is 22.7 Å². The molecular formula is C21H19ClN2O6. The summed E-state index contributed by atoms with van der Waals surface area (Å²) in [5, 5.41) is 22.3. The number of nitrogens with zero attached hydrogens (tertiary/aromatic N) is 2. The SMILES string of the molecule is COCCCN1C(=O)C(=O)/C(=C(/O)c2ccc(Cl)cc2)[C@@H]1c1ccc([N+](=O)[O-])cc1. The quantitative estimate of drug-likeness (QED) is 0.179. The number of methoxy groups -OCH3 is 1. The van der Waals surface area contributed by atoms with Gasteiger partial charge in [0.15, 0.2) is 0 Å². The molecule has 1 amide bonds. The van der Waals surface area contributed by atoms with E-state index in [1.54, 1.807) is 24.3 Å². The number of nitro benzene ring substituents is 1. The van der Waals surface area contributed by atoms with E-state index in [1.807, 2.05) is 0 Å². The molecule has 1 atom stereocenters. The summed E-state index contributed by atoms with van der Waals surface area (Å²) in [5.74, 6) is -1.89. The fourth-order valence-electron chi connectivity index (χ4n) is 3.38. The van der Waals surface area contributed by atoms with Crippen molar-refractivity contribution in [1.29, 1.82) is 0 Å². The normalized spacial score (nSPS) is 18.1. The van der Waals surface area contributed by atoms with E-state index in [2.05, 4.69) is 0 Å². The van der Waals surface area contributed by atoms with Gasteiger partial charge in [0.05, 0.1) is 16.5 Å². The number of Topliss-reactive ketones (excluding diaryl/α,β-unsaturated/α-hetero) is 1. The van der Waals surface area contributed by atoms with Crippen LogP contribution in [0, 0.1) is 10.1 Å². The predicted molar refractivity (Wildman–Crippen MR) is 110 cm³/mol. The Kier molecular flexibility index (Phi) is 6.49. The number of aliphatic hydroxyl groups is 1. The molecule has 3 rings (SSSR count). The van der Waals surface area contributed by atoms with Crippen molar-refractivity contribution in [2.24, 2.45) is 0 Å². The molecule has 0 saturated carbocycles. The maximum atomic E-state index is 12.8. The summed E-state index contributed by atoms with van der Waals surface area (Å²) in [6.45, 7) is 0.602. The van der Waals surface area contributed by atoms with Gasteiger partial charge in [-0.15, -0.1) is 0 Å². The number of non-ortho nitro benzene ring substituents is 1. The minimum absolute atomic E-state index is 0.0754. The zero-order valence-electron chi connectivity index (χ0n) is 16.1. The van der Waals surface area contributed by atoms with E-state index in [1.165, 1.54) is 36.3 Å². The summed E-state index contributed by atoms with van der Waals surface area (Å²) < 4.78 is 5.03. The topological polar surface area (TPSA) is 110 Å². The number of nitro groups is 1. The Labute approximate surface area is 177 Å². The summed E-state index contributed by atoms with van der Waals surface area (Å²) in [6, 6.07) is 10.9. The first kappa shape index (κ1) is 21.5. The molecule has 0 aromatic heterocycles. The summed E-state index contributed by atoms with van der Waals surface area (Å²) in [4.78, 5) is 37.3. The number of amides is 1. The average molecular weight is 431 g/mol. The van der Waals surface area contributed by atoms with Crippen LogP contribution in [0.15, 0.2) is 54.1 Å². The maximum absolute atomic E-state index is 12.8. The van der Waals surface area contributed by atoms with Crippen LogP contribution in [-0.4, -0.2) is 46.9 Å². The number of benzene rings is 2. The molecular weight excluding hydrogens is 412 g/mol. The van der Waals surface area contributed by atoms with Gasteiger partial charge < -0.3 is 14.7 Å². The average Bonchev–Trinajstić information content (AvgIpc) is 2.99. The van der Waals surface area contributed by atoms with E-state index in [4.69, 9.17) is 16.3 Å². The third kappa shape index (κ3) is 4.19. The number of ketones is 1. The van der Waals surface area contributed by atoms with Gasteiger partial charge in [0.25, 0.3) is 17.4 Å². The Balaban J connectivity index is 2.11. The van der Waals surface area contributed by atoms with Gasteiger partial charge in [0.1, 0.15) is 5.76 Å². The largest absolute Gasteiger partial charge is 0.507 e. The summed E-state index contributed by atoms with van der Waals surface area (Å²) in [5.41, 5.74) is 0.621. The minimum atomic E-state index is -0.877. The first-order valence-corrected chi connectivity index (χ1v) is 9.50. The summed E-state index contributed by atoms with van der Waals surface area (Å²) >= 11 is 5.89. The molecule has 2 aromatic rings. The summed E-state index contributed by atoms with van der Waals surface area (Å²) in [7, 11) is 1.53. The molecule has 0 bridgehead atoms. The standard InChI is InChI=1S/C21H19ClN2O6/c1-30-12-2-11-23-18(13-5-9-16(10-6-13)24(28)29)17(20(26)21(23)27)19(25)14-3-7-15(22)8-4-14/h3-10,18,25H,2,11-12H2,1H3/b19-17+/t18-/m0/s1. The highest BCUT2D eigenvalue weighted by molar-refractivity contribution is 6.46. The lowest BCUT2D eigenvalue weighted by Gasteiger charge is -2.25. The van der Waals surface area contributed by atoms with Gasteiger partial charge in [-0.05, 0) is 48.4 Å². The smallest absolute Gasteiger partial charge is 0.295 e. The van der Waals surface area contributed by atoms with Crippen LogP contribution in [0.4, 0.5) is 5.69 Å². The lowest BCUT2D eigenvalue weighted by Crippen LogP contribution is -2.31. The zero-order chi connectivity index (χ0) is 21.8. The molecule has 1 N–H and O–H groups in total. The lowest BCUT2D eigenvalue weighted by molar-refractivity contribution is -0.384. The molecule has 8 nitrogen and oxygen atoms in total. The molecule has 1 saturated heterocycles. The second kappa shape index (κ2) is 9.06. The second-order valence-electron chi connectivity index (χ2n) is 6.69. The number of carbonyl (C=O) groups excluding carboxylic acids is 2. The molecule has 156 valence electrons. The Morgan fingerprint density at radius 1 is 1.17 bits per heavy atom. The highest BCUT2D eigenvalue weighted by Crippen LogP contribution is 2.39. The van der Waals surface area contributed by atoms with E-state index >= 15 is 0 Å². The van der Waals surface area contributed by atoms with Crippen molar-refractivity contribution in [3.05, 3.63) is 80.4 Å². The first-order chi connectivity index (χ1) is 14.3. The Hall–Kier alpha value is -3.23. The second-order valence-corrected chi connectivity index (χ2v) is 7.13. The van der Waals surface area contributed by atoms with Crippen molar-refractivity contribution in [2.45, 2.75) is 12.5 Å². The molecule has 0 radical (unpaired) electrons.